The average molecular weight is 459 g/mol. The van der Waals surface area contributed by atoms with Crippen LogP contribution in [0.2, 0.25) is 0 Å². The van der Waals surface area contributed by atoms with Crippen molar-refractivity contribution >= 4 is 15.9 Å². The molecule has 0 unspecified atom stereocenters. The molecule has 0 bridgehead atoms. The lowest BCUT2D eigenvalue weighted by Crippen LogP contribution is -2.51. The molecule has 0 aliphatic carbocycles. The van der Waals surface area contributed by atoms with Crippen molar-refractivity contribution < 1.29 is 30.8 Å². The van der Waals surface area contributed by atoms with Gasteiger partial charge in [0.25, 0.3) is 0 Å². The van der Waals surface area contributed by atoms with Crippen molar-refractivity contribution in [2.45, 2.75) is 17.6 Å². The van der Waals surface area contributed by atoms with Crippen LogP contribution in [0.4, 0.5) is 17.6 Å². The van der Waals surface area contributed by atoms with E-state index in [0.29, 0.717) is 0 Å². The lowest BCUT2D eigenvalue weighted by Gasteiger charge is -2.34. The number of benzene rings is 2. The van der Waals surface area contributed by atoms with Crippen LogP contribution >= 0.6 is 0 Å². The van der Waals surface area contributed by atoms with Gasteiger partial charge in [-0.05, 0) is 29.8 Å². The summed E-state index contributed by atoms with van der Waals surface area (Å²) in [6.07, 6.45) is -4.78. The maximum absolute atomic E-state index is 13.2. The van der Waals surface area contributed by atoms with E-state index >= 15 is 0 Å². The molecule has 6 nitrogen and oxygen atoms in total. The zero-order valence-electron chi connectivity index (χ0n) is 16.4. The van der Waals surface area contributed by atoms with Crippen LogP contribution in [0.25, 0.3) is 0 Å². The van der Waals surface area contributed by atoms with Gasteiger partial charge in [0.1, 0.15) is 5.82 Å². The lowest BCUT2D eigenvalue weighted by molar-refractivity contribution is -0.140. The van der Waals surface area contributed by atoms with Crippen molar-refractivity contribution in [3.8, 4) is 0 Å². The zero-order chi connectivity index (χ0) is 22.6. The average Bonchev–Trinajstić information content (AvgIpc) is 2.73. The number of nitrogens with one attached hydrogen (secondary N) is 1. The van der Waals surface area contributed by atoms with E-state index in [2.05, 4.69) is 5.32 Å². The molecule has 0 spiro atoms. The van der Waals surface area contributed by atoms with Gasteiger partial charge in [-0.3, -0.25) is 9.69 Å². The van der Waals surface area contributed by atoms with Gasteiger partial charge in [-0.15, -0.1) is 0 Å². The van der Waals surface area contributed by atoms with E-state index in [4.69, 9.17) is 0 Å². The molecule has 1 amide bonds. The van der Waals surface area contributed by atoms with Crippen LogP contribution in [0, 0.1) is 5.82 Å². The molecule has 1 heterocycles. The Kier molecular flexibility index (Phi) is 6.97. The summed E-state index contributed by atoms with van der Waals surface area (Å²) in [6, 6.07) is 9.78. The van der Waals surface area contributed by atoms with Gasteiger partial charge in [0, 0.05) is 32.7 Å². The van der Waals surface area contributed by atoms with Crippen LogP contribution in [-0.4, -0.2) is 56.3 Å². The van der Waals surface area contributed by atoms with Crippen molar-refractivity contribution in [3.63, 3.8) is 0 Å². The summed E-state index contributed by atoms with van der Waals surface area (Å²) < 4.78 is 79.1. The van der Waals surface area contributed by atoms with E-state index in [1.54, 1.807) is 17.0 Å². The first-order valence-corrected chi connectivity index (χ1v) is 10.9. The van der Waals surface area contributed by atoms with Crippen molar-refractivity contribution in [2.24, 2.45) is 0 Å². The second kappa shape index (κ2) is 9.33. The molecule has 0 aromatic heterocycles. The lowest BCUT2D eigenvalue weighted by atomic mass is 10.2. The standard InChI is InChI=1S/C20H21F4N3O3S/c21-16-7-5-15(6-8-16)13-25-19(28)14-26-9-11-27(12-10-26)31(29,30)18-4-2-1-3-17(18)20(22,23)24/h1-8H,9-14H2,(H,25,28). The number of halogens is 4. The molecule has 0 atom stereocenters. The minimum absolute atomic E-state index is 0.0220. The highest BCUT2D eigenvalue weighted by atomic mass is 32.2. The number of sulfonamides is 1. The van der Waals surface area contributed by atoms with Crippen molar-refractivity contribution in [3.05, 3.63) is 65.5 Å². The number of amides is 1. The molecule has 168 valence electrons. The zero-order valence-corrected chi connectivity index (χ0v) is 17.2. The van der Waals surface area contributed by atoms with Gasteiger partial charge >= 0.3 is 6.18 Å². The Morgan fingerprint density at radius 2 is 1.58 bits per heavy atom. The van der Waals surface area contributed by atoms with Crippen molar-refractivity contribution in [2.75, 3.05) is 32.7 Å². The number of carbonyl (C=O) groups is 1. The van der Waals surface area contributed by atoms with E-state index in [1.807, 2.05) is 0 Å². The normalized spacial score (nSPS) is 16.3. The summed E-state index contributed by atoms with van der Waals surface area (Å²) in [6.45, 7) is 0.601. The van der Waals surface area contributed by atoms with E-state index in [9.17, 15) is 30.8 Å². The Balaban J connectivity index is 1.55. The van der Waals surface area contributed by atoms with Gasteiger partial charge in [-0.1, -0.05) is 24.3 Å². The van der Waals surface area contributed by atoms with Gasteiger partial charge in [-0.2, -0.15) is 17.5 Å². The third kappa shape index (κ3) is 5.81. The molecular weight excluding hydrogens is 438 g/mol. The number of hydrogen-bond acceptors (Lipinski definition) is 4. The molecule has 3 rings (SSSR count). The van der Waals surface area contributed by atoms with Gasteiger partial charge in [-0.25, -0.2) is 12.8 Å². The minimum Gasteiger partial charge on any atom is -0.351 e. The first-order valence-electron chi connectivity index (χ1n) is 9.47. The van der Waals surface area contributed by atoms with E-state index in [-0.39, 0.29) is 51.0 Å². The SMILES string of the molecule is O=C(CN1CCN(S(=O)(=O)c2ccccc2C(F)(F)F)CC1)NCc1ccc(F)cc1. The van der Waals surface area contributed by atoms with Crippen LogP contribution in [-0.2, 0) is 27.5 Å². The first-order chi connectivity index (χ1) is 14.6. The molecule has 31 heavy (non-hydrogen) atoms. The molecule has 1 fully saturated rings. The summed E-state index contributed by atoms with van der Waals surface area (Å²) in [7, 11) is -4.32. The molecule has 1 aliphatic heterocycles. The fourth-order valence-electron chi connectivity index (χ4n) is 3.25. The molecular formula is C20H21F4N3O3S. The highest BCUT2D eigenvalue weighted by Gasteiger charge is 2.39. The number of hydrogen-bond donors (Lipinski definition) is 1. The molecule has 1 saturated heterocycles. The maximum Gasteiger partial charge on any atom is 0.417 e. The second-order valence-electron chi connectivity index (χ2n) is 7.08. The van der Waals surface area contributed by atoms with Gasteiger partial charge in [0.05, 0.1) is 17.0 Å². The van der Waals surface area contributed by atoms with Crippen molar-refractivity contribution in [1.29, 1.82) is 0 Å². The highest BCUT2D eigenvalue weighted by molar-refractivity contribution is 7.89. The topological polar surface area (TPSA) is 69.7 Å². The van der Waals surface area contributed by atoms with Crippen LogP contribution < -0.4 is 5.32 Å². The van der Waals surface area contributed by atoms with E-state index in [0.717, 1.165) is 28.1 Å². The van der Waals surface area contributed by atoms with Gasteiger partial charge in [0.2, 0.25) is 15.9 Å². The summed E-state index contributed by atoms with van der Waals surface area (Å²) in [5.74, 6) is -0.663. The van der Waals surface area contributed by atoms with E-state index in [1.165, 1.54) is 18.2 Å². The molecule has 11 heteroatoms. The van der Waals surface area contributed by atoms with Gasteiger partial charge < -0.3 is 5.32 Å². The van der Waals surface area contributed by atoms with Crippen molar-refractivity contribution in [1.82, 2.24) is 14.5 Å². The van der Waals surface area contributed by atoms with Crippen LogP contribution in [0.3, 0.4) is 0 Å². The second-order valence-corrected chi connectivity index (χ2v) is 8.98. The number of alkyl halides is 3. The predicted molar refractivity (Wildman–Crippen MR) is 105 cm³/mol. The van der Waals surface area contributed by atoms with Crippen LogP contribution in [0.15, 0.2) is 53.4 Å². The Labute approximate surface area is 177 Å². The number of rotatable bonds is 6. The van der Waals surface area contributed by atoms with Crippen LogP contribution in [0.5, 0.6) is 0 Å². The monoisotopic (exact) mass is 459 g/mol. The molecule has 1 N–H and O–H groups in total. The van der Waals surface area contributed by atoms with Crippen LogP contribution in [0.1, 0.15) is 11.1 Å². The summed E-state index contributed by atoms with van der Waals surface area (Å²) in [4.78, 5) is 13.1. The molecule has 0 radical (unpaired) electrons. The molecule has 0 saturated carbocycles. The highest BCUT2D eigenvalue weighted by Crippen LogP contribution is 2.35. The Morgan fingerprint density at radius 1 is 0.968 bits per heavy atom. The van der Waals surface area contributed by atoms with Gasteiger partial charge in [0.15, 0.2) is 0 Å². The Hall–Kier alpha value is -2.50. The minimum atomic E-state index is -4.78. The Bertz CT molecular complexity index is 1020. The number of carbonyl (C=O) groups excluding carboxylic acids is 1. The predicted octanol–water partition coefficient (Wildman–Crippen LogP) is 2.47. The maximum atomic E-state index is 13.2. The molecule has 2 aromatic rings. The molecule has 1 aliphatic rings. The fourth-order valence-corrected chi connectivity index (χ4v) is 4.89. The fraction of sp³-hybridized carbons (Fsp3) is 0.350. The van der Waals surface area contributed by atoms with E-state index < -0.39 is 26.7 Å². The number of nitrogens with zero attached hydrogens (tertiary/aromatic N) is 2. The summed E-state index contributed by atoms with van der Waals surface area (Å²) in [5.41, 5.74) is -0.466. The molecule has 2 aromatic carbocycles. The third-order valence-corrected chi connectivity index (χ3v) is 6.87. The number of piperazine rings is 1. The quantitative estimate of drug-likeness (QED) is 0.674. The smallest absolute Gasteiger partial charge is 0.351 e. The summed E-state index contributed by atoms with van der Waals surface area (Å²) in [5, 5.41) is 2.70. The Morgan fingerprint density at radius 3 is 2.19 bits per heavy atom. The third-order valence-electron chi connectivity index (χ3n) is 4.91. The first kappa shape index (κ1) is 23.2. The largest absolute Gasteiger partial charge is 0.417 e. The summed E-state index contributed by atoms with van der Waals surface area (Å²) >= 11 is 0.